The molecule has 0 saturated heterocycles. The van der Waals surface area contributed by atoms with Crippen LogP contribution in [0.5, 0.6) is 0 Å². The average molecular weight is 423 g/mol. The Morgan fingerprint density at radius 1 is 1.06 bits per heavy atom. The van der Waals surface area contributed by atoms with Crippen LogP contribution in [0.2, 0.25) is 0 Å². The molecule has 6 heteroatoms. The molecule has 0 aliphatic heterocycles. The van der Waals surface area contributed by atoms with Crippen LogP contribution in [0.15, 0.2) is 48.5 Å². The fraction of sp³-hybridized carbons (Fsp3) is 0.440. The first-order valence-corrected chi connectivity index (χ1v) is 11.2. The highest BCUT2D eigenvalue weighted by Crippen LogP contribution is 2.44. The second-order valence-corrected chi connectivity index (χ2v) is 8.45. The summed E-state index contributed by atoms with van der Waals surface area (Å²) in [7, 11) is 0. The zero-order valence-electron chi connectivity index (χ0n) is 17.8. The van der Waals surface area contributed by atoms with Crippen LogP contribution in [0.25, 0.3) is 11.1 Å². The number of carbonyl (C=O) groups excluding carboxylic acids is 2. The molecule has 2 unspecified atom stereocenters. The van der Waals surface area contributed by atoms with Gasteiger partial charge < -0.3 is 20.5 Å². The van der Waals surface area contributed by atoms with E-state index in [1.54, 1.807) is 0 Å². The normalized spacial score (nSPS) is 16.7. The summed E-state index contributed by atoms with van der Waals surface area (Å²) in [5.41, 5.74) is 4.62. The first-order valence-electron chi connectivity index (χ1n) is 11.2. The number of hydrogen-bond donors (Lipinski definition) is 3. The summed E-state index contributed by atoms with van der Waals surface area (Å²) in [6.07, 6.45) is 2.20. The molecule has 0 radical (unpaired) electrons. The number of rotatable bonds is 9. The van der Waals surface area contributed by atoms with Crippen LogP contribution in [-0.4, -0.2) is 41.9 Å². The topological polar surface area (TPSA) is 87.7 Å². The molecular weight excluding hydrogens is 392 g/mol. The van der Waals surface area contributed by atoms with E-state index < -0.39 is 24.1 Å². The van der Waals surface area contributed by atoms with Crippen LogP contribution in [0.1, 0.15) is 56.1 Å². The first kappa shape index (κ1) is 21.4. The zero-order chi connectivity index (χ0) is 21.8. The molecule has 31 heavy (non-hydrogen) atoms. The van der Waals surface area contributed by atoms with E-state index in [9.17, 15) is 14.7 Å². The third kappa shape index (κ3) is 4.90. The molecule has 6 nitrogen and oxygen atoms in total. The molecule has 1 fully saturated rings. The predicted molar refractivity (Wildman–Crippen MR) is 119 cm³/mol. The maximum Gasteiger partial charge on any atom is 0.407 e. The molecule has 2 aromatic rings. The van der Waals surface area contributed by atoms with E-state index >= 15 is 0 Å². The molecule has 3 N–H and O–H groups in total. The van der Waals surface area contributed by atoms with Crippen molar-refractivity contribution in [3.8, 4) is 11.1 Å². The lowest BCUT2D eigenvalue weighted by molar-refractivity contribution is -0.130. The number of aliphatic hydroxyl groups is 1. The molecule has 0 heterocycles. The molecular formula is C25H30N2O4. The summed E-state index contributed by atoms with van der Waals surface area (Å²) in [5, 5.41) is 16.0. The standard InChI is InChI=1S/C25H30N2O4/c1-2-3-12-22(23(28)24(29)26-16-13-14-16)27-25(30)31-15-21-19-10-6-4-8-17(19)18-9-5-7-11-20(18)21/h4-11,16,21-23,28H,2-3,12-15H2,1H3,(H,26,29)(H,27,30). The summed E-state index contributed by atoms with van der Waals surface area (Å²) in [4.78, 5) is 24.9. The minimum Gasteiger partial charge on any atom is -0.449 e. The summed E-state index contributed by atoms with van der Waals surface area (Å²) in [5.74, 6) is -0.460. The summed E-state index contributed by atoms with van der Waals surface area (Å²) < 4.78 is 5.58. The van der Waals surface area contributed by atoms with Gasteiger partial charge in [-0.25, -0.2) is 4.79 Å². The molecule has 0 bridgehead atoms. The molecule has 2 aliphatic carbocycles. The van der Waals surface area contributed by atoms with Gasteiger partial charge in [0, 0.05) is 12.0 Å². The van der Waals surface area contributed by atoms with Gasteiger partial charge in [0.05, 0.1) is 6.04 Å². The van der Waals surface area contributed by atoms with E-state index in [0.29, 0.717) is 6.42 Å². The number of hydrogen-bond acceptors (Lipinski definition) is 4. The largest absolute Gasteiger partial charge is 0.449 e. The van der Waals surface area contributed by atoms with Crippen LogP contribution in [0.3, 0.4) is 0 Å². The van der Waals surface area contributed by atoms with Crippen LogP contribution < -0.4 is 10.6 Å². The number of carbonyl (C=O) groups is 2. The van der Waals surface area contributed by atoms with E-state index in [-0.39, 0.29) is 18.6 Å². The Morgan fingerprint density at radius 2 is 1.68 bits per heavy atom. The van der Waals surface area contributed by atoms with Crippen LogP contribution in [0, 0.1) is 0 Å². The Bertz CT molecular complexity index is 895. The van der Waals surface area contributed by atoms with Gasteiger partial charge in [-0.2, -0.15) is 0 Å². The Kier molecular flexibility index (Phi) is 6.56. The average Bonchev–Trinajstić information content (AvgIpc) is 3.55. The molecule has 2 atom stereocenters. The van der Waals surface area contributed by atoms with Crippen molar-refractivity contribution < 1.29 is 19.4 Å². The fourth-order valence-electron chi connectivity index (χ4n) is 4.22. The van der Waals surface area contributed by atoms with E-state index in [4.69, 9.17) is 4.74 Å². The number of ether oxygens (including phenoxy) is 1. The van der Waals surface area contributed by atoms with Gasteiger partial charge in [0.15, 0.2) is 6.10 Å². The summed E-state index contributed by atoms with van der Waals surface area (Å²) in [6, 6.07) is 15.8. The van der Waals surface area contributed by atoms with Gasteiger partial charge in [-0.3, -0.25) is 4.79 Å². The van der Waals surface area contributed by atoms with Crippen LogP contribution in [-0.2, 0) is 9.53 Å². The zero-order valence-corrected chi connectivity index (χ0v) is 17.8. The lowest BCUT2D eigenvalue weighted by atomic mass is 9.98. The van der Waals surface area contributed by atoms with Gasteiger partial charge >= 0.3 is 6.09 Å². The lowest BCUT2D eigenvalue weighted by Crippen LogP contribution is -2.51. The number of nitrogens with one attached hydrogen (secondary N) is 2. The quantitative estimate of drug-likeness (QED) is 0.575. The maximum atomic E-state index is 12.6. The first-order chi connectivity index (χ1) is 15.1. The Morgan fingerprint density at radius 3 is 2.26 bits per heavy atom. The molecule has 2 aromatic carbocycles. The number of aliphatic hydroxyl groups excluding tert-OH is 1. The third-order valence-corrected chi connectivity index (χ3v) is 6.09. The Balaban J connectivity index is 1.39. The van der Waals surface area contributed by atoms with E-state index in [0.717, 1.165) is 36.8 Å². The van der Waals surface area contributed by atoms with E-state index in [2.05, 4.69) is 34.9 Å². The second-order valence-electron chi connectivity index (χ2n) is 8.45. The fourth-order valence-corrected chi connectivity index (χ4v) is 4.22. The highest BCUT2D eigenvalue weighted by atomic mass is 16.5. The van der Waals surface area contributed by atoms with Crippen molar-refractivity contribution in [2.75, 3.05) is 6.61 Å². The Hall–Kier alpha value is -2.86. The number of alkyl carbamates (subject to hydrolysis) is 1. The number of amides is 2. The maximum absolute atomic E-state index is 12.6. The van der Waals surface area contributed by atoms with Crippen molar-refractivity contribution in [1.82, 2.24) is 10.6 Å². The van der Waals surface area contributed by atoms with Crippen LogP contribution in [0.4, 0.5) is 4.79 Å². The highest BCUT2D eigenvalue weighted by Gasteiger charge is 2.33. The highest BCUT2D eigenvalue weighted by molar-refractivity contribution is 5.83. The van der Waals surface area contributed by atoms with Crippen molar-refractivity contribution in [3.63, 3.8) is 0 Å². The molecule has 2 aliphatic rings. The van der Waals surface area contributed by atoms with Gasteiger partial charge in [-0.1, -0.05) is 68.3 Å². The molecule has 164 valence electrons. The predicted octanol–water partition coefficient (Wildman–Crippen LogP) is 3.72. The number of benzene rings is 2. The third-order valence-electron chi connectivity index (χ3n) is 6.09. The minimum atomic E-state index is -1.28. The van der Waals surface area contributed by atoms with Crippen molar-refractivity contribution >= 4 is 12.0 Å². The van der Waals surface area contributed by atoms with Gasteiger partial charge in [-0.05, 0) is 41.5 Å². The van der Waals surface area contributed by atoms with Crippen molar-refractivity contribution in [1.29, 1.82) is 0 Å². The molecule has 1 saturated carbocycles. The van der Waals surface area contributed by atoms with Crippen molar-refractivity contribution in [2.45, 2.75) is 63.1 Å². The second kappa shape index (κ2) is 9.52. The van der Waals surface area contributed by atoms with Gasteiger partial charge in [0.25, 0.3) is 5.91 Å². The summed E-state index contributed by atoms with van der Waals surface area (Å²) in [6.45, 7) is 2.23. The van der Waals surface area contributed by atoms with Gasteiger partial charge in [-0.15, -0.1) is 0 Å². The monoisotopic (exact) mass is 422 g/mol. The van der Waals surface area contributed by atoms with Crippen molar-refractivity contribution in [2.24, 2.45) is 0 Å². The van der Waals surface area contributed by atoms with Gasteiger partial charge in [0.1, 0.15) is 6.61 Å². The summed E-state index contributed by atoms with van der Waals surface area (Å²) >= 11 is 0. The Labute approximate surface area is 183 Å². The smallest absolute Gasteiger partial charge is 0.407 e. The SMILES string of the molecule is CCCCC(NC(=O)OCC1c2ccccc2-c2ccccc21)C(O)C(=O)NC1CC1. The van der Waals surface area contributed by atoms with Crippen LogP contribution >= 0.6 is 0 Å². The number of unbranched alkanes of at least 4 members (excludes halogenated alkanes) is 1. The van der Waals surface area contributed by atoms with Gasteiger partial charge in [0.2, 0.25) is 0 Å². The van der Waals surface area contributed by atoms with E-state index in [1.807, 2.05) is 31.2 Å². The molecule has 0 spiro atoms. The molecule has 0 aromatic heterocycles. The minimum absolute atomic E-state index is 0.0321. The molecule has 4 rings (SSSR count). The van der Waals surface area contributed by atoms with Crippen molar-refractivity contribution in [3.05, 3.63) is 59.7 Å². The molecule has 2 amide bonds. The lowest BCUT2D eigenvalue weighted by Gasteiger charge is -2.24. The number of fused-ring (bicyclic) bond motifs is 3. The van der Waals surface area contributed by atoms with E-state index in [1.165, 1.54) is 11.1 Å².